The van der Waals surface area contributed by atoms with Crippen LogP contribution in [-0.2, 0) is 0 Å². The molecule has 2 heterocycles. The number of thiophene rings is 1. The van der Waals surface area contributed by atoms with Crippen LogP contribution in [0.4, 0.5) is 0 Å². The summed E-state index contributed by atoms with van der Waals surface area (Å²) in [6.07, 6.45) is 0.343. The third-order valence-corrected chi connectivity index (χ3v) is 4.64. The molecular weight excluding hydrogens is 278 g/mol. The highest BCUT2D eigenvalue weighted by molar-refractivity contribution is 9.11. The van der Waals surface area contributed by atoms with Crippen molar-refractivity contribution >= 4 is 33.2 Å². The van der Waals surface area contributed by atoms with E-state index in [2.05, 4.69) is 15.9 Å². The highest BCUT2D eigenvalue weighted by atomic mass is 79.9. The highest BCUT2D eigenvalue weighted by Gasteiger charge is 2.26. The van der Waals surface area contributed by atoms with E-state index in [1.54, 1.807) is 4.90 Å². The molecule has 1 aliphatic rings. The summed E-state index contributed by atoms with van der Waals surface area (Å²) in [5.74, 6) is 0.0327. The van der Waals surface area contributed by atoms with Crippen molar-refractivity contribution in [2.45, 2.75) is 19.4 Å². The van der Waals surface area contributed by atoms with Crippen LogP contribution in [0.15, 0.2) is 9.85 Å². The molecule has 0 spiro atoms. The zero-order chi connectivity index (χ0) is 11.0. The van der Waals surface area contributed by atoms with Gasteiger partial charge in [0.05, 0.1) is 14.8 Å². The Balaban J connectivity index is 2.14. The Labute approximate surface area is 101 Å². The van der Waals surface area contributed by atoms with E-state index in [9.17, 15) is 9.90 Å². The second-order valence-electron chi connectivity index (χ2n) is 3.76. The highest BCUT2D eigenvalue weighted by Crippen LogP contribution is 2.28. The molecule has 1 N–H and O–H groups in total. The number of aryl methyl sites for hydroxylation is 1. The molecule has 0 aromatic carbocycles. The Morgan fingerprint density at radius 2 is 2.47 bits per heavy atom. The molecule has 2 rings (SSSR count). The van der Waals surface area contributed by atoms with Crippen LogP contribution >= 0.6 is 27.3 Å². The number of rotatable bonds is 1. The first-order valence-corrected chi connectivity index (χ1v) is 6.42. The smallest absolute Gasteiger partial charge is 0.264 e. The van der Waals surface area contributed by atoms with Crippen molar-refractivity contribution in [3.8, 4) is 0 Å². The second-order valence-corrected chi connectivity index (χ2v) is 6.13. The largest absolute Gasteiger partial charge is 0.391 e. The van der Waals surface area contributed by atoms with Gasteiger partial charge in [0.1, 0.15) is 0 Å². The molecule has 0 radical (unpaired) electrons. The first-order chi connectivity index (χ1) is 7.08. The van der Waals surface area contributed by atoms with Crippen LogP contribution in [0.2, 0.25) is 0 Å². The van der Waals surface area contributed by atoms with Crippen LogP contribution in [0, 0.1) is 6.92 Å². The van der Waals surface area contributed by atoms with Gasteiger partial charge in [-0.1, -0.05) is 0 Å². The predicted molar refractivity (Wildman–Crippen MR) is 63.3 cm³/mol. The quantitative estimate of drug-likeness (QED) is 0.859. The van der Waals surface area contributed by atoms with Crippen LogP contribution in [0.25, 0.3) is 0 Å². The summed E-state index contributed by atoms with van der Waals surface area (Å²) in [6, 6.07) is 1.89. The van der Waals surface area contributed by atoms with Crippen molar-refractivity contribution in [3.05, 3.63) is 20.3 Å². The van der Waals surface area contributed by atoms with Gasteiger partial charge < -0.3 is 10.0 Å². The van der Waals surface area contributed by atoms with E-state index in [0.29, 0.717) is 19.5 Å². The fraction of sp³-hybridized carbons (Fsp3) is 0.500. The van der Waals surface area contributed by atoms with Crippen molar-refractivity contribution in [1.29, 1.82) is 0 Å². The van der Waals surface area contributed by atoms with Crippen LogP contribution in [-0.4, -0.2) is 35.1 Å². The third kappa shape index (κ3) is 2.24. The van der Waals surface area contributed by atoms with E-state index >= 15 is 0 Å². The summed E-state index contributed by atoms with van der Waals surface area (Å²) in [7, 11) is 0. The predicted octanol–water partition coefficient (Wildman–Crippen LogP) is 2.03. The van der Waals surface area contributed by atoms with Gasteiger partial charge in [0, 0.05) is 13.1 Å². The lowest BCUT2D eigenvalue weighted by atomic mass is 10.3. The number of likely N-dealkylation sites (tertiary alicyclic amines) is 1. The van der Waals surface area contributed by atoms with Crippen LogP contribution in [0.1, 0.15) is 21.7 Å². The van der Waals surface area contributed by atoms with Crippen molar-refractivity contribution in [2.24, 2.45) is 0 Å². The number of amides is 1. The molecule has 1 amide bonds. The van der Waals surface area contributed by atoms with Crippen LogP contribution < -0.4 is 0 Å². The second kappa shape index (κ2) is 4.23. The molecule has 1 aromatic heterocycles. The van der Waals surface area contributed by atoms with Crippen LogP contribution in [0.3, 0.4) is 0 Å². The molecule has 3 nitrogen and oxygen atoms in total. The first kappa shape index (κ1) is 11.1. The minimum absolute atomic E-state index is 0.0327. The zero-order valence-corrected chi connectivity index (χ0v) is 10.8. The summed E-state index contributed by atoms with van der Waals surface area (Å²) < 4.78 is 1.01. The summed E-state index contributed by atoms with van der Waals surface area (Å²) >= 11 is 4.86. The molecule has 15 heavy (non-hydrogen) atoms. The number of aliphatic hydroxyl groups is 1. The normalized spacial score (nSPS) is 21.0. The van der Waals surface area contributed by atoms with E-state index in [1.807, 2.05) is 13.0 Å². The Kier molecular flexibility index (Phi) is 3.13. The van der Waals surface area contributed by atoms with Crippen LogP contribution in [0.5, 0.6) is 0 Å². The molecule has 5 heteroatoms. The Morgan fingerprint density at radius 1 is 1.73 bits per heavy atom. The minimum atomic E-state index is -0.349. The SMILES string of the molecule is Cc1cc(C(=O)N2CCC(O)C2)sc1Br. The summed E-state index contributed by atoms with van der Waals surface area (Å²) in [4.78, 5) is 14.4. The van der Waals surface area contributed by atoms with Gasteiger partial charge in [0.25, 0.3) is 5.91 Å². The van der Waals surface area contributed by atoms with Gasteiger partial charge in [0.15, 0.2) is 0 Å². The van der Waals surface area contributed by atoms with Gasteiger partial charge in [-0.3, -0.25) is 4.79 Å². The van der Waals surface area contributed by atoms with Gasteiger partial charge in [0.2, 0.25) is 0 Å². The van der Waals surface area contributed by atoms with Gasteiger partial charge in [-0.15, -0.1) is 11.3 Å². The number of hydrogen-bond acceptors (Lipinski definition) is 3. The van der Waals surface area contributed by atoms with Crippen molar-refractivity contribution in [2.75, 3.05) is 13.1 Å². The van der Waals surface area contributed by atoms with Crippen molar-refractivity contribution in [1.82, 2.24) is 4.90 Å². The first-order valence-electron chi connectivity index (χ1n) is 4.81. The molecular formula is C10H12BrNO2S. The molecule has 0 bridgehead atoms. The topological polar surface area (TPSA) is 40.5 Å². The fourth-order valence-electron chi connectivity index (χ4n) is 1.65. The fourth-order valence-corrected chi connectivity index (χ4v) is 3.15. The van der Waals surface area contributed by atoms with E-state index < -0.39 is 0 Å². The van der Waals surface area contributed by atoms with E-state index in [-0.39, 0.29) is 12.0 Å². The molecule has 1 saturated heterocycles. The van der Waals surface area contributed by atoms with E-state index in [0.717, 1.165) is 14.2 Å². The number of halogens is 1. The van der Waals surface area contributed by atoms with Gasteiger partial charge >= 0.3 is 0 Å². The molecule has 0 saturated carbocycles. The molecule has 1 unspecified atom stereocenters. The van der Waals surface area contributed by atoms with Crippen molar-refractivity contribution < 1.29 is 9.90 Å². The van der Waals surface area contributed by atoms with Gasteiger partial charge in [-0.2, -0.15) is 0 Å². The Bertz CT molecular complexity index is 371. The molecule has 0 aliphatic carbocycles. The molecule has 1 atom stereocenters. The Hall–Kier alpha value is -0.390. The molecule has 1 aliphatic heterocycles. The minimum Gasteiger partial charge on any atom is -0.391 e. The third-order valence-electron chi connectivity index (χ3n) is 2.52. The number of nitrogens with zero attached hydrogens (tertiary/aromatic N) is 1. The van der Waals surface area contributed by atoms with E-state index in [1.165, 1.54) is 11.3 Å². The number of hydrogen-bond donors (Lipinski definition) is 1. The van der Waals surface area contributed by atoms with Gasteiger partial charge in [-0.05, 0) is 40.9 Å². The standard InChI is InChI=1S/C10H12BrNO2S/c1-6-4-8(15-9(6)11)10(14)12-3-2-7(13)5-12/h4,7,13H,2-3,5H2,1H3. The average molecular weight is 290 g/mol. The number of β-amino-alcohol motifs (C(OH)–C–C–N with tert-alkyl or cyclic N) is 1. The van der Waals surface area contributed by atoms with Crippen molar-refractivity contribution in [3.63, 3.8) is 0 Å². The maximum Gasteiger partial charge on any atom is 0.264 e. The summed E-state index contributed by atoms with van der Waals surface area (Å²) in [5.41, 5.74) is 1.09. The Morgan fingerprint density at radius 3 is 2.93 bits per heavy atom. The lowest BCUT2D eigenvalue weighted by Gasteiger charge is -2.13. The lowest BCUT2D eigenvalue weighted by molar-refractivity contribution is 0.0769. The number of carbonyl (C=O) groups is 1. The monoisotopic (exact) mass is 289 g/mol. The maximum atomic E-state index is 12.0. The average Bonchev–Trinajstić information content (AvgIpc) is 2.74. The number of aliphatic hydroxyl groups excluding tert-OH is 1. The van der Waals surface area contributed by atoms with E-state index in [4.69, 9.17) is 0 Å². The summed E-state index contributed by atoms with van der Waals surface area (Å²) in [6.45, 7) is 3.10. The number of carbonyl (C=O) groups excluding carboxylic acids is 1. The molecule has 1 aromatic rings. The maximum absolute atomic E-state index is 12.0. The molecule has 1 fully saturated rings. The van der Waals surface area contributed by atoms with Gasteiger partial charge in [-0.25, -0.2) is 0 Å². The lowest BCUT2D eigenvalue weighted by Crippen LogP contribution is -2.28. The summed E-state index contributed by atoms with van der Waals surface area (Å²) in [5, 5.41) is 9.36. The zero-order valence-electron chi connectivity index (χ0n) is 8.36. The molecule has 82 valence electrons.